The lowest BCUT2D eigenvalue weighted by molar-refractivity contribution is -0.165. The summed E-state index contributed by atoms with van der Waals surface area (Å²) in [5.41, 5.74) is 4.80. The van der Waals surface area contributed by atoms with Gasteiger partial charge < -0.3 is 26.2 Å². The number of carbonyl (C=O) groups excluding carboxylic acids is 1. The fraction of sp³-hybridized carbons (Fsp3) is 0.625. The van der Waals surface area contributed by atoms with Crippen LogP contribution in [0.3, 0.4) is 0 Å². The van der Waals surface area contributed by atoms with E-state index in [1.54, 1.807) is 13.8 Å². The lowest BCUT2D eigenvalue weighted by Crippen LogP contribution is -2.39. The van der Waals surface area contributed by atoms with E-state index in [-0.39, 0.29) is 11.8 Å². The number of nitrogens with two attached hydrogens (primary N) is 1. The van der Waals surface area contributed by atoms with Crippen LogP contribution in [0.2, 0.25) is 0 Å². The number of amides is 1. The van der Waals surface area contributed by atoms with Crippen molar-refractivity contribution in [3.05, 3.63) is 0 Å². The Bertz CT molecular complexity index is 245. The van der Waals surface area contributed by atoms with Gasteiger partial charge in [0.2, 0.25) is 5.91 Å². The zero-order chi connectivity index (χ0) is 13.5. The minimum atomic E-state index is -2.27. The molecule has 0 aliphatic rings. The number of carbonyl (C=O) groups is 3. The zero-order valence-electron chi connectivity index (χ0n) is 8.82. The number of rotatable bonds is 4. The molecule has 0 saturated carbocycles. The largest absolute Gasteiger partial charge is 0.479 e. The maximum Gasteiger partial charge on any atom is 0.335 e. The highest BCUT2D eigenvalue weighted by atomic mass is 16.4. The van der Waals surface area contributed by atoms with Crippen molar-refractivity contribution in [1.82, 2.24) is 0 Å². The second-order valence-electron chi connectivity index (χ2n) is 3.12. The van der Waals surface area contributed by atoms with E-state index in [9.17, 15) is 14.4 Å². The highest BCUT2D eigenvalue weighted by Crippen LogP contribution is 1.92. The van der Waals surface area contributed by atoms with Crippen LogP contribution in [0, 0.1) is 5.92 Å². The summed E-state index contributed by atoms with van der Waals surface area (Å²) in [6.07, 6.45) is -4.53. The van der Waals surface area contributed by atoms with Crippen LogP contribution >= 0.6 is 0 Å². The van der Waals surface area contributed by atoms with Crippen molar-refractivity contribution in [2.45, 2.75) is 26.1 Å². The number of aliphatic hydroxyl groups is 2. The minimum absolute atomic E-state index is 0.00926. The zero-order valence-corrected chi connectivity index (χ0v) is 8.82. The van der Waals surface area contributed by atoms with Crippen molar-refractivity contribution in [2.24, 2.45) is 11.7 Å². The number of hydrogen-bond donors (Lipinski definition) is 5. The molecule has 0 unspecified atom stereocenters. The summed E-state index contributed by atoms with van der Waals surface area (Å²) < 4.78 is 0. The second kappa shape index (κ2) is 7.60. The molecule has 8 nitrogen and oxygen atoms in total. The van der Waals surface area contributed by atoms with E-state index in [0.717, 1.165) is 0 Å². The van der Waals surface area contributed by atoms with Gasteiger partial charge in [-0.15, -0.1) is 0 Å². The molecule has 0 fully saturated rings. The molecule has 0 aliphatic carbocycles. The molecule has 0 radical (unpaired) electrons. The van der Waals surface area contributed by atoms with Gasteiger partial charge in [0, 0.05) is 5.92 Å². The Morgan fingerprint density at radius 1 is 0.938 bits per heavy atom. The molecule has 2 atom stereocenters. The first-order chi connectivity index (χ1) is 7.11. The second-order valence-corrected chi connectivity index (χ2v) is 3.12. The highest BCUT2D eigenvalue weighted by molar-refractivity contribution is 5.83. The molecule has 0 aromatic carbocycles. The molecule has 0 bridgehead atoms. The fourth-order valence-electron chi connectivity index (χ4n) is 0.270. The quantitative estimate of drug-likeness (QED) is 0.378. The summed E-state index contributed by atoms with van der Waals surface area (Å²) in [6, 6.07) is 0. The Kier molecular flexibility index (Phi) is 7.96. The van der Waals surface area contributed by atoms with Crippen LogP contribution in [-0.4, -0.2) is 50.5 Å². The number of aliphatic hydroxyl groups excluding tert-OH is 2. The van der Waals surface area contributed by atoms with Gasteiger partial charge in [-0.25, -0.2) is 9.59 Å². The first kappa shape index (κ1) is 16.7. The van der Waals surface area contributed by atoms with Crippen LogP contribution < -0.4 is 5.73 Å². The van der Waals surface area contributed by atoms with Crippen LogP contribution in [0.4, 0.5) is 0 Å². The van der Waals surface area contributed by atoms with Crippen molar-refractivity contribution in [1.29, 1.82) is 0 Å². The predicted molar refractivity (Wildman–Crippen MR) is 51.3 cm³/mol. The van der Waals surface area contributed by atoms with Crippen molar-refractivity contribution >= 4 is 17.8 Å². The molecule has 0 heterocycles. The van der Waals surface area contributed by atoms with E-state index < -0.39 is 24.1 Å². The minimum Gasteiger partial charge on any atom is -0.479 e. The molecular formula is C8H15NO7. The van der Waals surface area contributed by atoms with E-state index in [4.69, 9.17) is 26.2 Å². The Hall–Kier alpha value is -1.67. The summed E-state index contributed by atoms with van der Waals surface area (Å²) in [5.74, 6) is -3.79. The highest BCUT2D eigenvalue weighted by Gasteiger charge is 2.29. The fourth-order valence-corrected chi connectivity index (χ4v) is 0.270. The standard InChI is InChI=1S/C4H9NO.C4H6O6/c1-3(2)4(5)6;5-1(3(7)8)2(6)4(9)10/h3H,1-2H3,(H2,5,6);1-2,5-6H,(H,7,8)(H,9,10)/t;1-,2-/m.1/s1. The van der Waals surface area contributed by atoms with Crippen molar-refractivity contribution < 1.29 is 34.8 Å². The Balaban J connectivity index is 0. The van der Waals surface area contributed by atoms with Crippen LogP contribution in [-0.2, 0) is 14.4 Å². The number of primary amides is 1. The molecule has 0 rings (SSSR count). The van der Waals surface area contributed by atoms with Gasteiger partial charge in [-0.1, -0.05) is 13.8 Å². The number of hydrogen-bond acceptors (Lipinski definition) is 5. The number of carboxylic acids is 2. The summed E-state index contributed by atoms with van der Waals surface area (Å²) >= 11 is 0. The maximum atomic E-state index is 9.92. The van der Waals surface area contributed by atoms with Gasteiger partial charge in [0.05, 0.1) is 0 Å². The smallest absolute Gasteiger partial charge is 0.335 e. The molecule has 0 aromatic heterocycles. The SMILES string of the molecule is CC(C)C(N)=O.O=C(O)[C@H](O)[C@@H](O)C(=O)O. The van der Waals surface area contributed by atoms with Crippen LogP contribution in [0.15, 0.2) is 0 Å². The van der Waals surface area contributed by atoms with Gasteiger partial charge in [-0.2, -0.15) is 0 Å². The van der Waals surface area contributed by atoms with Gasteiger partial charge in [-0.05, 0) is 0 Å². The molecule has 94 valence electrons. The molecular weight excluding hydrogens is 222 g/mol. The molecule has 16 heavy (non-hydrogen) atoms. The van der Waals surface area contributed by atoms with Gasteiger partial charge in [-0.3, -0.25) is 4.79 Å². The summed E-state index contributed by atoms with van der Waals surface area (Å²) in [5, 5.41) is 32.5. The third kappa shape index (κ3) is 7.71. The maximum absolute atomic E-state index is 9.92. The van der Waals surface area contributed by atoms with E-state index in [1.807, 2.05) is 0 Å². The number of aliphatic carboxylic acids is 2. The first-order valence-corrected chi connectivity index (χ1v) is 4.22. The average molecular weight is 237 g/mol. The normalized spacial score (nSPS) is 13.3. The third-order valence-electron chi connectivity index (χ3n) is 1.37. The topological polar surface area (TPSA) is 158 Å². The van der Waals surface area contributed by atoms with E-state index >= 15 is 0 Å². The monoisotopic (exact) mass is 237 g/mol. The molecule has 1 amide bonds. The summed E-state index contributed by atoms with van der Waals surface area (Å²) in [4.78, 5) is 29.5. The number of carboxylic acid groups (broad SMARTS) is 2. The van der Waals surface area contributed by atoms with Gasteiger partial charge in [0.15, 0.2) is 12.2 Å². The lowest BCUT2D eigenvalue weighted by atomic mass is 10.2. The van der Waals surface area contributed by atoms with Gasteiger partial charge in [0.25, 0.3) is 0 Å². The Morgan fingerprint density at radius 2 is 1.12 bits per heavy atom. The molecule has 0 aromatic rings. The molecule has 0 spiro atoms. The summed E-state index contributed by atoms with van der Waals surface area (Å²) in [6.45, 7) is 3.53. The molecule has 0 saturated heterocycles. The predicted octanol–water partition coefficient (Wildman–Crippen LogP) is -1.99. The first-order valence-electron chi connectivity index (χ1n) is 4.22. The lowest BCUT2D eigenvalue weighted by Gasteiger charge is -2.07. The van der Waals surface area contributed by atoms with Gasteiger partial charge in [0.1, 0.15) is 0 Å². The van der Waals surface area contributed by atoms with Crippen LogP contribution in [0.5, 0.6) is 0 Å². The average Bonchev–Trinajstić information content (AvgIpc) is 2.15. The van der Waals surface area contributed by atoms with Crippen molar-refractivity contribution in [3.63, 3.8) is 0 Å². The molecule has 6 N–H and O–H groups in total. The molecule has 8 heteroatoms. The van der Waals surface area contributed by atoms with Crippen molar-refractivity contribution in [2.75, 3.05) is 0 Å². The van der Waals surface area contributed by atoms with E-state index in [1.165, 1.54) is 0 Å². The third-order valence-corrected chi connectivity index (χ3v) is 1.37. The summed E-state index contributed by atoms with van der Waals surface area (Å²) in [7, 11) is 0. The Morgan fingerprint density at radius 3 is 1.19 bits per heavy atom. The van der Waals surface area contributed by atoms with Crippen LogP contribution in [0.1, 0.15) is 13.8 Å². The Labute approximate surface area is 91.3 Å². The van der Waals surface area contributed by atoms with Crippen LogP contribution in [0.25, 0.3) is 0 Å². The van der Waals surface area contributed by atoms with E-state index in [0.29, 0.717) is 0 Å². The molecule has 0 aliphatic heterocycles. The van der Waals surface area contributed by atoms with E-state index in [2.05, 4.69) is 0 Å². The van der Waals surface area contributed by atoms with Gasteiger partial charge >= 0.3 is 11.9 Å². The van der Waals surface area contributed by atoms with Crippen molar-refractivity contribution in [3.8, 4) is 0 Å².